The minimum atomic E-state index is 0.271. The Balaban J connectivity index is 2.61. The summed E-state index contributed by atoms with van der Waals surface area (Å²) in [4.78, 5) is 2.63. The maximum Gasteiger partial charge on any atom is 0.0672 e. The minimum absolute atomic E-state index is 0.271. The van der Waals surface area contributed by atoms with Crippen molar-refractivity contribution in [1.82, 2.24) is 4.90 Å². The minimum Gasteiger partial charge on any atom is -0.299 e. The molecule has 0 radical (unpaired) electrons. The van der Waals surface area contributed by atoms with Gasteiger partial charge in [0, 0.05) is 6.04 Å². The number of nitrogens with zero attached hydrogens (tertiary/aromatic N) is 2. The van der Waals surface area contributed by atoms with Gasteiger partial charge in [0.2, 0.25) is 0 Å². The Hall–Kier alpha value is -0.550. The smallest absolute Gasteiger partial charge is 0.0672 e. The average Bonchev–Trinajstić information content (AvgIpc) is 2.38. The van der Waals surface area contributed by atoms with Crippen LogP contribution in [0.5, 0.6) is 0 Å². The third-order valence-corrected chi connectivity index (χ3v) is 4.35. The van der Waals surface area contributed by atoms with E-state index in [0.29, 0.717) is 6.04 Å². The maximum absolute atomic E-state index is 9.39. The van der Waals surface area contributed by atoms with Gasteiger partial charge in [-0.25, -0.2) is 0 Å². The summed E-state index contributed by atoms with van der Waals surface area (Å²) in [7, 11) is 0. The average molecular weight is 264 g/mol. The first-order valence-corrected chi connectivity index (χ1v) is 8.18. The Morgan fingerprint density at radius 3 is 2.00 bits per heavy atom. The van der Waals surface area contributed by atoms with Gasteiger partial charge in [-0.2, -0.15) is 5.26 Å². The number of rotatable bonds is 7. The number of nitriles is 1. The van der Waals surface area contributed by atoms with Crippen LogP contribution in [0.4, 0.5) is 0 Å². The molecule has 1 aliphatic carbocycles. The van der Waals surface area contributed by atoms with Crippen LogP contribution in [0, 0.1) is 29.1 Å². The van der Waals surface area contributed by atoms with Gasteiger partial charge in [0.1, 0.15) is 0 Å². The fourth-order valence-electron chi connectivity index (χ4n) is 2.99. The zero-order valence-electron chi connectivity index (χ0n) is 13.4. The topological polar surface area (TPSA) is 27.0 Å². The van der Waals surface area contributed by atoms with Crippen molar-refractivity contribution in [3.63, 3.8) is 0 Å². The highest BCUT2D eigenvalue weighted by Gasteiger charge is 2.29. The van der Waals surface area contributed by atoms with Crippen LogP contribution in [0.25, 0.3) is 0 Å². The SMILES string of the molecule is CC(C)CCN(CCC(C)C)C1CCCCC1C#N. The van der Waals surface area contributed by atoms with Crippen molar-refractivity contribution >= 4 is 0 Å². The molecule has 1 aliphatic rings. The maximum atomic E-state index is 9.39. The molecule has 0 bridgehead atoms. The Morgan fingerprint density at radius 2 is 1.53 bits per heavy atom. The first-order valence-electron chi connectivity index (χ1n) is 8.18. The van der Waals surface area contributed by atoms with Gasteiger partial charge < -0.3 is 0 Å². The third-order valence-electron chi connectivity index (χ3n) is 4.35. The Morgan fingerprint density at radius 1 is 1.00 bits per heavy atom. The summed E-state index contributed by atoms with van der Waals surface area (Å²) in [5, 5.41) is 9.39. The second-order valence-corrected chi connectivity index (χ2v) is 6.99. The van der Waals surface area contributed by atoms with Crippen molar-refractivity contribution in [1.29, 1.82) is 5.26 Å². The Labute approximate surface area is 120 Å². The van der Waals surface area contributed by atoms with Crippen LogP contribution in [0.3, 0.4) is 0 Å². The highest BCUT2D eigenvalue weighted by molar-refractivity contribution is 4.95. The lowest BCUT2D eigenvalue weighted by Crippen LogP contribution is -2.43. The summed E-state index contributed by atoms with van der Waals surface area (Å²) in [5.74, 6) is 1.78. The molecule has 19 heavy (non-hydrogen) atoms. The first-order chi connectivity index (χ1) is 9.04. The fraction of sp³-hybridized carbons (Fsp3) is 0.941. The van der Waals surface area contributed by atoms with Gasteiger partial charge in [-0.3, -0.25) is 4.90 Å². The van der Waals surface area contributed by atoms with Crippen LogP contribution in [-0.4, -0.2) is 24.0 Å². The van der Waals surface area contributed by atoms with E-state index < -0.39 is 0 Å². The first kappa shape index (κ1) is 16.5. The molecule has 2 heteroatoms. The summed E-state index contributed by atoms with van der Waals surface area (Å²) >= 11 is 0. The lowest BCUT2D eigenvalue weighted by atomic mass is 9.84. The Kier molecular flexibility index (Phi) is 7.46. The molecule has 0 saturated heterocycles. The largest absolute Gasteiger partial charge is 0.299 e. The molecule has 0 heterocycles. The predicted molar refractivity (Wildman–Crippen MR) is 81.8 cm³/mol. The van der Waals surface area contributed by atoms with E-state index >= 15 is 0 Å². The monoisotopic (exact) mass is 264 g/mol. The molecule has 0 aromatic rings. The molecule has 0 aliphatic heterocycles. The summed E-state index contributed by atoms with van der Waals surface area (Å²) < 4.78 is 0. The van der Waals surface area contributed by atoms with Gasteiger partial charge in [0.05, 0.1) is 12.0 Å². The van der Waals surface area contributed by atoms with Gasteiger partial charge in [0.25, 0.3) is 0 Å². The molecule has 0 amide bonds. The molecule has 0 aromatic carbocycles. The van der Waals surface area contributed by atoms with E-state index in [1.807, 2.05) is 0 Å². The summed E-state index contributed by atoms with van der Waals surface area (Å²) in [6.45, 7) is 11.5. The highest BCUT2D eigenvalue weighted by atomic mass is 15.2. The van der Waals surface area contributed by atoms with E-state index in [2.05, 4.69) is 38.7 Å². The van der Waals surface area contributed by atoms with Crippen molar-refractivity contribution in [3.05, 3.63) is 0 Å². The van der Waals surface area contributed by atoms with Crippen molar-refractivity contribution in [3.8, 4) is 6.07 Å². The predicted octanol–water partition coefficient (Wildman–Crippen LogP) is 4.46. The van der Waals surface area contributed by atoms with E-state index in [4.69, 9.17) is 0 Å². The van der Waals surface area contributed by atoms with Crippen LogP contribution in [0.1, 0.15) is 66.2 Å². The number of hydrogen-bond acceptors (Lipinski definition) is 2. The standard InChI is InChI=1S/C17H32N2/c1-14(2)9-11-19(12-10-15(3)4)17-8-6-5-7-16(17)13-18/h14-17H,5-12H2,1-4H3. The van der Waals surface area contributed by atoms with Crippen LogP contribution >= 0.6 is 0 Å². The van der Waals surface area contributed by atoms with Crippen molar-refractivity contribution in [2.24, 2.45) is 17.8 Å². The summed E-state index contributed by atoms with van der Waals surface area (Å²) in [5.41, 5.74) is 0. The summed E-state index contributed by atoms with van der Waals surface area (Å²) in [6.07, 6.45) is 7.41. The van der Waals surface area contributed by atoms with Gasteiger partial charge >= 0.3 is 0 Å². The van der Waals surface area contributed by atoms with Crippen molar-refractivity contribution in [2.45, 2.75) is 72.3 Å². The van der Waals surface area contributed by atoms with Crippen LogP contribution in [-0.2, 0) is 0 Å². The van der Waals surface area contributed by atoms with Gasteiger partial charge in [-0.15, -0.1) is 0 Å². The fourth-order valence-corrected chi connectivity index (χ4v) is 2.99. The van der Waals surface area contributed by atoms with E-state index in [1.165, 1.54) is 45.2 Å². The molecular formula is C17H32N2. The van der Waals surface area contributed by atoms with E-state index in [9.17, 15) is 5.26 Å². The quantitative estimate of drug-likeness (QED) is 0.678. The molecule has 2 atom stereocenters. The lowest BCUT2D eigenvalue weighted by molar-refractivity contribution is 0.115. The molecule has 0 aromatic heterocycles. The summed E-state index contributed by atoms with van der Waals surface area (Å²) in [6, 6.07) is 3.09. The molecule has 1 rings (SSSR count). The van der Waals surface area contributed by atoms with Crippen molar-refractivity contribution in [2.75, 3.05) is 13.1 Å². The van der Waals surface area contributed by atoms with E-state index in [1.54, 1.807) is 0 Å². The molecular weight excluding hydrogens is 232 g/mol. The third kappa shape index (κ3) is 5.95. The van der Waals surface area contributed by atoms with E-state index in [-0.39, 0.29) is 5.92 Å². The molecule has 0 N–H and O–H groups in total. The normalized spacial score (nSPS) is 24.1. The van der Waals surface area contributed by atoms with Crippen LogP contribution < -0.4 is 0 Å². The van der Waals surface area contributed by atoms with Gasteiger partial charge in [-0.1, -0.05) is 40.5 Å². The lowest BCUT2D eigenvalue weighted by Gasteiger charge is -2.38. The zero-order chi connectivity index (χ0) is 14.3. The highest BCUT2D eigenvalue weighted by Crippen LogP contribution is 2.29. The van der Waals surface area contributed by atoms with Crippen LogP contribution in [0.2, 0.25) is 0 Å². The van der Waals surface area contributed by atoms with Crippen LogP contribution in [0.15, 0.2) is 0 Å². The second-order valence-electron chi connectivity index (χ2n) is 6.99. The molecule has 1 fully saturated rings. The Bertz CT molecular complexity index is 265. The zero-order valence-corrected chi connectivity index (χ0v) is 13.4. The van der Waals surface area contributed by atoms with Gasteiger partial charge in [-0.05, 0) is 50.6 Å². The van der Waals surface area contributed by atoms with Crippen molar-refractivity contribution < 1.29 is 0 Å². The van der Waals surface area contributed by atoms with Gasteiger partial charge in [0.15, 0.2) is 0 Å². The molecule has 2 nitrogen and oxygen atoms in total. The number of hydrogen-bond donors (Lipinski definition) is 0. The molecule has 110 valence electrons. The molecule has 1 saturated carbocycles. The van der Waals surface area contributed by atoms with E-state index in [0.717, 1.165) is 18.3 Å². The molecule has 2 unspecified atom stereocenters. The second kappa shape index (κ2) is 8.59. The molecule has 0 spiro atoms.